The summed E-state index contributed by atoms with van der Waals surface area (Å²) in [6.45, 7) is 9.03. The second-order valence-electron chi connectivity index (χ2n) is 9.55. The van der Waals surface area contributed by atoms with Crippen molar-refractivity contribution in [3.05, 3.63) is 42.5 Å². The van der Waals surface area contributed by atoms with E-state index >= 15 is 0 Å². The number of hydrogen-bond donors (Lipinski definition) is 2. The molecule has 2 aliphatic carbocycles. The maximum Gasteiger partial charge on any atom is 0.336 e. The van der Waals surface area contributed by atoms with Gasteiger partial charge in [-0.25, -0.2) is 9.78 Å². The molecule has 2 heterocycles. The van der Waals surface area contributed by atoms with Gasteiger partial charge in [-0.2, -0.15) is 0 Å². The zero-order valence-electron chi connectivity index (χ0n) is 18.5. The van der Waals surface area contributed by atoms with E-state index in [9.17, 15) is 15.0 Å². The number of imidazole rings is 1. The third kappa shape index (κ3) is 5.02. The molecule has 0 aromatic carbocycles. The Morgan fingerprint density at radius 3 is 2.68 bits per heavy atom. The molecule has 3 aliphatic rings. The summed E-state index contributed by atoms with van der Waals surface area (Å²) in [5, 5.41) is 20.9. The van der Waals surface area contributed by atoms with Gasteiger partial charge in [0.1, 0.15) is 6.61 Å². The number of esters is 1. The summed E-state index contributed by atoms with van der Waals surface area (Å²) in [4.78, 5) is 16.6. The van der Waals surface area contributed by atoms with Gasteiger partial charge in [0.2, 0.25) is 0 Å². The molecular weight excluding hydrogens is 822 g/mol. The van der Waals surface area contributed by atoms with Crippen molar-refractivity contribution in [3.8, 4) is 0 Å². The van der Waals surface area contributed by atoms with E-state index in [0.29, 0.717) is 18.6 Å². The van der Waals surface area contributed by atoms with Crippen molar-refractivity contribution in [2.75, 3.05) is 13.2 Å². The summed E-state index contributed by atoms with van der Waals surface area (Å²) < 4.78 is 7.19. The third-order valence-corrected chi connectivity index (χ3v) is 8.15. The molecule has 0 bridgehead atoms. The number of hydrogen-bond acceptors (Lipinski definition) is 5. The Kier molecular flexibility index (Phi) is 10.1. The minimum Gasteiger partial charge on any atom is -0.458 e. The first kappa shape index (κ1) is 28.2. The van der Waals surface area contributed by atoms with E-state index in [1.807, 2.05) is 23.8 Å². The van der Waals surface area contributed by atoms with Crippen molar-refractivity contribution < 1.29 is 108 Å². The Morgan fingerprint density at radius 1 is 1.35 bits per heavy atom. The van der Waals surface area contributed by atoms with E-state index in [-0.39, 0.29) is 124 Å². The van der Waals surface area contributed by atoms with Crippen molar-refractivity contribution in [1.82, 2.24) is 9.55 Å². The molecule has 0 amide bonds. The number of aliphatic hydroxyl groups excluding tert-OH is 2. The Hall–Kier alpha value is 0.963. The van der Waals surface area contributed by atoms with Crippen LogP contribution in [0.25, 0.3) is 0 Å². The third-order valence-electron chi connectivity index (χ3n) is 8.15. The number of carbonyl (C=O) groups is 1. The minimum absolute atomic E-state index is 0. The first-order valence-electron chi connectivity index (χ1n) is 10.6. The van der Waals surface area contributed by atoms with Crippen LogP contribution in [0.1, 0.15) is 52.0 Å². The molecule has 6 nitrogen and oxygen atoms in total. The Labute approximate surface area is 256 Å². The summed E-state index contributed by atoms with van der Waals surface area (Å²) in [5.41, 5.74) is 1.29. The molecule has 2 fully saturated rings. The second kappa shape index (κ2) is 11.1. The van der Waals surface area contributed by atoms with Crippen LogP contribution in [0.4, 0.5) is 0 Å². The number of rotatable bonds is 5. The average molecular weight is 855 g/mol. The van der Waals surface area contributed by atoms with Crippen LogP contribution in [0.15, 0.2) is 42.5 Å². The second-order valence-corrected chi connectivity index (χ2v) is 9.55. The van der Waals surface area contributed by atoms with Gasteiger partial charge in [0.25, 0.3) is 0 Å². The van der Waals surface area contributed by atoms with Crippen LogP contribution in [0.5, 0.6) is 0 Å². The van der Waals surface area contributed by atoms with Crippen LogP contribution in [0, 0.1) is 111 Å². The van der Waals surface area contributed by atoms with Crippen molar-refractivity contribution in [2.45, 2.75) is 58.1 Å². The van der Waals surface area contributed by atoms with Crippen LogP contribution in [0.2, 0.25) is 0 Å². The molecule has 1 aliphatic heterocycles. The number of carbonyl (C=O) groups excluding carboxylic acids is 1. The molecule has 6 atom stereocenters. The molecule has 31 heavy (non-hydrogen) atoms. The zero-order valence-corrected chi connectivity index (χ0v) is 28.0. The first-order valence-corrected chi connectivity index (χ1v) is 10.6. The topological polar surface area (TPSA) is 84.6 Å². The fourth-order valence-corrected chi connectivity index (χ4v) is 6.37. The molecule has 3 unspecified atom stereocenters. The summed E-state index contributed by atoms with van der Waals surface area (Å²) >= 11 is 0. The molecule has 2 radical (unpaired) electrons. The Balaban J connectivity index is 0.00000171. The van der Waals surface area contributed by atoms with Gasteiger partial charge in [0.05, 0.1) is 30.7 Å². The maximum atomic E-state index is 12.4. The molecule has 164 valence electrons. The minimum atomic E-state index is -0.512. The van der Waals surface area contributed by atoms with Gasteiger partial charge in [-0.1, -0.05) is 26.0 Å². The van der Waals surface area contributed by atoms with Crippen LogP contribution in [-0.2, 0) is 9.53 Å². The van der Waals surface area contributed by atoms with Crippen molar-refractivity contribution in [3.63, 3.8) is 0 Å². The average Bonchev–Trinajstić information content (AvgIpc) is 3.37. The van der Waals surface area contributed by atoms with E-state index in [1.165, 1.54) is 5.57 Å². The van der Waals surface area contributed by atoms with Gasteiger partial charge in [-0.05, 0) is 55.4 Å². The molecule has 0 spiro atoms. The monoisotopic (exact) mass is 854 g/mol. The van der Waals surface area contributed by atoms with Gasteiger partial charge in [-0.3, -0.25) is 0 Å². The quantitative estimate of drug-likeness (QED) is 0.352. The van der Waals surface area contributed by atoms with Gasteiger partial charge in [0.15, 0.2) is 0 Å². The van der Waals surface area contributed by atoms with Crippen LogP contribution >= 0.6 is 0 Å². The summed E-state index contributed by atoms with van der Waals surface area (Å²) in [7, 11) is 0. The molecule has 4 rings (SSSR count). The smallest absolute Gasteiger partial charge is 0.336 e. The van der Waals surface area contributed by atoms with E-state index in [2.05, 4.69) is 18.5 Å². The van der Waals surface area contributed by atoms with E-state index < -0.39 is 11.5 Å². The SMILES string of the molecule is C=C1CCC2[C@](C)(CO)C(O)CC[C@]2(C)[C@H]1CC(C1=CCOC1=O)n1ccnc1.[Ac].[Ac]. The summed E-state index contributed by atoms with van der Waals surface area (Å²) in [6.07, 6.45) is 10.9. The van der Waals surface area contributed by atoms with Gasteiger partial charge >= 0.3 is 5.97 Å². The number of fused-ring (bicyclic) bond motifs is 1. The summed E-state index contributed by atoms with van der Waals surface area (Å²) in [5.74, 6) is 0.125. The fraction of sp³-hybridized carbons (Fsp3) is 0.652. The van der Waals surface area contributed by atoms with Crippen molar-refractivity contribution in [2.24, 2.45) is 22.7 Å². The van der Waals surface area contributed by atoms with E-state index in [1.54, 1.807) is 12.5 Å². The predicted molar refractivity (Wildman–Crippen MR) is 109 cm³/mol. The number of aromatic nitrogens is 2. The van der Waals surface area contributed by atoms with Crippen LogP contribution in [-0.4, -0.2) is 45.1 Å². The first-order chi connectivity index (χ1) is 13.8. The molecular formula is C23H32Ac2N2O4. The van der Waals surface area contributed by atoms with Gasteiger partial charge in [-0.15, -0.1) is 0 Å². The molecule has 8 heteroatoms. The molecule has 1 aromatic heterocycles. The van der Waals surface area contributed by atoms with E-state index in [4.69, 9.17) is 4.74 Å². The van der Waals surface area contributed by atoms with E-state index in [0.717, 1.165) is 25.7 Å². The molecule has 0 saturated heterocycles. The maximum absolute atomic E-state index is 12.4. The number of aliphatic hydroxyl groups is 2. The fourth-order valence-electron chi connectivity index (χ4n) is 6.37. The predicted octanol–water partition coefficient (Wildman–Crippen LogP) is 3.04. The molecule has 1 aromatic rings. The van der Waals surface area contributed by atoms with Crippen molar-refractivity contribution >= 4 is 5.97 Å². The Bertz CT molecular complexity index is 828. The normalized spacial score (nSPS) is 35.9. The molecule has 2 N–H and O–H groups in total. The number of ether oxygens (including phenoxy) is 1. The zero-order chi connectivity index (χ0) is 20.8. The standard InChI is InChI=1S/C23H32N2O4.2Ac/c1-15-4-5-19-22(2,8-6-20(27)23(19,3)13-26)17(15)12-18(25-10-9-24-14-25)16-7-11-29-21(16)28;;/h7,9-10,14,17-20,26-27H,1,4-6,8,11-13H2,2-3H3;;/t17-,18?,19?,20?,22+,23-;;/m0../s1. The van der Waals surface area contributed by atoms with Gasteiger partial charge < -0.3 is 19.5 Å². The van der Waals surface area contributed by atoms with Crippen LogP contribution < -0.4 is 0 Å². The van der Waals surface area contributed by atoms with Crippen LogP contribution in [0.3, 0.4) is 0 Å². The number of cyclic esters (lactones) is 1. The Morgan fingerprint density at radius 2 is 2.10 bits per heavy atom. The number of allylic oxidation sites excluding steroid dienone is 1. The molecule has 2 saturated carbocycles. The van der Waals surface area contributed by atoms with Crippen molar-refractivity contribution in [1.29, 1.82) is 0 Å². The summed E-state index contributed by atoms with van der Waals surface area (Å²) in [6, 6.07) is -0.156. The van der Waals surface area contributed by atoms with Gasteiger partial charge in [0, 0.05) is 106 Å². The largest absolute Gasteiger partial charge is 0.458 e. The number of nitrogens with zero attached hydrogens (tertiary/aromatic N) is 2.